The Morgan fingerprint density at radius 2 is 1.96 bits per heavy atom. The average Bonchev–Trinajstić information content (AvgIpc) is 2.79. The molecule has 1 fully saturated rings. The number of hydrogen-bond acceptors (Lipinski definition) is 6. The maximum Gasteiger partial charge on any atom is 0.325 e. The second-order valence-corrected chi connectivity index (χ2v) is 6.30. The number of rotatable bonds is 5. The molecule has 0 aromatic heterocycles. The van der Waals surface area contributed by atoms with Crippen LogP contribution in [0.1, 0.15) is 5.56 Å². The third kappa shape index (κ3) is 3.77. The van der Waals surface area contributed by atoms with Crippen LogP contribution in [0.2, 0.25) is 0 Å². The smallest absolute Gasteiger partial charge is 0.325 e. The minimum Gasteiger partial charge on any atom is -0.493 e. The summed E-state index contributed by atoms with van der Waals surface area (Å²) in [7, 11) is 5.99. The highest BCUT2D eigenvalue weighted by Gasteiger charge is 2.37. The van der Waals surface area contributed by atoms with E-state index >= 15 is 0 Å². The van der Waals surface area contributed by atoms with Crippen LogP contribution in [0, 0.1) is 0 Å². The monoisotopic (exact) mass is 428 g/mol. The number of ether oxygens (including phenoxy) is 3. The molecular formula is C16H17BrN2O5S. The van der Waals surface area contributed by atoms with Crippen molar-refractivity contribution in [1.29, 1.82) is 0 Å². The lowest BCUT2D eigenvalue weighted by Crippen LogP contribution is -2.36. The summed E-state index contributed by atoms with van der Waals surface area (Å²) < 4.78 is 15.9. The molecule has 0 aliphatic carbocycles. The Hall–Kier alpha value is -2.13. The summed E-state index contributed by atoms with van der Waals surface area (Å²) in [5.74, 6) is 0.160. The molecule has 0 radical (unpaired) electrons. The van der Waals surface area contributed by atoms with Crippen LogP contribution in [-0.4, -0.2) is 61.7 Å². The molecule has 1 aromatic rings. The molecule has 0 bridgehead atoms. The molecule has 1 saturated heterocycles. The van der Waals surface area contributed by atoms with E-state index in [1.165, 1.54) is 26.2 Å². The van der Waals surface area contributed by atoms with Gasteiger partial charge in [0.15, 0.2) is 16.6 Å². The lowest BCUT2D eigenvalue weighted by molar-refractivity contribution is -0.143. The van der Waals surface area contributed by atoms with E-state index in [9.17, 15) is 9.59 Å². The number of esters is 1. The quantitative estimate of drug-likeness (QED) is 0.403. The number of likely N-dealkylation sites (N-methyl/N-ethyl adjacent to an activating group) is 1. The maximum atomic E-state index is 12.6. The molecule has 2 rings (SSSR count). The van der Waals surface area contributed by atoms with Crippen molar-refractivity contribution in [1.82, 2.24) is 9.80 Å². The first-order valence-electron chi connectivity index (χ1n) is 7.13. The van der Waals surface area contributed by atoms with Gasteiger partial charge in [-0.15, -0.1) is 0 Å². The lowest BCUT2D eigenvalue weighted by atomic mass is 10.1. The molecule has 0 atom stereocenters. The Kier molecular flexibility index (Phi) is 6.02. The van der Waals surface area contributed by atoms with E-state index in [1.807, 2.05) is 0 Å². The molecule has 1 aliphatic rings. The highest BCUT2D eigenvalue weighted by molar-refractivity contribution is 9.10. The fourth-order valence-corrected chi connectivity index (χ4v) is 3.19. The second-order valence-electron chi connectivity index (χ2n) is 5.08. The molecule has 0 saturated carbocycles. The molecule has 1 aliphatic heterocycles. The minimum absolute atomic E-state index is 0.231. The van der Waals surface area contributed by atoms with Gasteiger partial charge in [0.1, 0.15) is 12.2 Å². The molecular weight excluding hydrogens is 412 g/mol. The van der Waals surface area contributed by atoms with E-state index in [0.29, 0.717) is 27.2 Å². The highest BCUT2D eigenvalue weighted by atomic mass is 79.9. The van der Waals surface area contributed by atoms with Crippen LogP contribution in [0.4, 0.5) is 0 Å². The molecule has 1 amide bonds. The van der Waals surface area contributed by atoms with Crippen molar-refractivity contribution in [2.45, 2.75) is 0 Å². The lowest BCUT2D eigenvalue weighted by Gasteiger charge is -2.14. The first-order valence-corrected chi connectivity index (χ1v) is 8.33. The van der Waals surface area contributed by atoms with Crippen LogP contribution in [0.15, 0.2) is 22.3 Å². The van der Waals surface area contributed by atoms with Gasteiger partial charge < -0.3 is 19.1 Å². The third-order valence-corrected chi connectivity index (χ3v) is 4.70. The van der Waals surface area contributed by atoms with Gasteiger partial charge >= 0.3 is 5.97 Å². The first kappa shape index (κ1) is 19.2. The zero-order chi connectivity index (χ0) is 18.7. The first-order chi connectivity index (χ1) is 11.8. The van der Waals surface area contributed by atoms with Crippen LogP contribution in [-0.2, 0) is 14.3 Å². The molecule has 1 heterocycles. The number of nitrogens with zero attached hydrogens (tertiary/aromatic N) is 2. The number of methoxy groups -OCH3 is 3. The third-order valence-electron chi connectivity index (χ3n) is 3.62. The summed E-state index contributed by atoms with van der Waals surface area (Å²) in [5, 5.41) is 0.237. The Bertz CT molecular complexity index is 765. The Balaban J connectivity index is 2.41. The largest absolute Gasteiger partial charge is 0.493 e. The topological polar surface area (TPSA) is 68.3 Å². The van der Waals surface area contributed by atoms with Crippen LogP contribution in [0.3, 0.4) is 0 Å². The van der Waals surface area contributed by atoms with Gasteiger partial charge in [0.05, 0.1) is 25.8 Å². The zero-order valence-corrected chi connectivity index (χ0v) is 16.6. The van der Waals surface area contributed by atoms with Gasteiger partial charge in [-0.2, -0.15) is 0 Å². The van der Waals surface area contributed by atoms with Gasteiger partial charge in [-0.1, -0.05) is 0 Å². The normalized spacial score (nSPS) is 15.8. The second kappa shape index (κ2) is 7.83. The van der Waals surface area contributed by atoms with Gasteiger partial charge in [0.25, 0.3) is 5.91 Å². The number of benzene rings is 1. The number of carbonyl (C=O) groups excluding carboxylic acids is 2. The molecule has 134 valence electrons. The van der Waals surface area contributed by atoms with Crippen molar-refractivity contribution in [3.63, 3.8) is 0 Å². The van der Waals surface area contributed by atoms with Gasteiger partial charge in [0.2, 0.25) is 0 Å². The van der Waals surface area contributed by atoms with Crippen molar-refractivity contribution in [3.05, 3.63) is 27.9 Å². The molecule has 0 N–H and O–H groups in total. The summed E-state index contributed by atoms with van der Waals surface area (Å²) in [5.41, 5.74) is 1.05. The molecule has 0 unspecified atom stereocenters. The Labute approximate surface area is 159 Å². The molecule has 0 spiro atoms. The summed E-state index contributed by atoms with van der Waals surface area (Å²) in [4.78, 5) is 26.8. The Morgan fingerprint density at radius 1 is 1.28 bits per heavy atom. The van der Waals surface area contributed by atoms with Gasteiger partial charge in [-0.25, -0.2) is 0 Å². The number of hydrogen-bond donors (Lipinski definition) is 0. The van der Waals surface area contributed by atoms with Crippen molar-refractivity contribution >= 4 is 51.2 Å². The SMILES string of the molecule is COC(=O)CN1C(=O)/C(=C/c2cc(Br)c(OC)c(OC)c2)N(C)C1=S. The fourth-order valence-electron chi connectivity index (χ4n) is 2.32. The van der Waals surface area contributed by atoms with E-state index < -0.39 is 5.97 Å². The molecule has 1 aromatic carbocycles. The zero-order valence-electron chi connectivity index (χ0n) is 14.2. The van der Waals surface area contributed by atoms with E-state index in [-0.39, 0.29) is 17.6 Å². The fraction of sp³-hybridized carbons (Fsp3) is 0.312. The van der Waals surface area contributed by atoms with Crippen molar-refractivity contribution in [3.8, 4) is 11.5 Å². The van der Waals surface area contributed by atoms with E-state index in [4.69, 9.17) is 21.7 Å². The standard InChI is InChI=1S/C16H17BrN2O5S/c1-18-11(15(21)19(16(18)25)8-13(20)23-3)6-9-5-10(17)14(24-4)12(7-9)22-2/h5-7H,8H2,1-4H3/b11-6-. The minimum atomic E-state index is -0.542. The van der Waals surface area contributed by atoms with Crippen LogP contribution >= 0.6 is 28.1 Å². The van der Waals surface area contributed by atoms with Crippen LogP contribution in [0.25, 0.3) is 6.08 Å². The summed E-state index contributed by atoms with van der Waals surface area (Å²) in [6.45, 7) is -0.231. The van der Waals surface area contributed by atoms with E-state index in [2.05, 4.69) is 20.7 Å². The molecule has 7 nitrogen and oxygen atoms in total. The van der Waals surface area contributed by atoms with Gasteiger partial charge in [0, 0.05) is 7.05 Å². The maximum absolute atomic E-state index is 12.6. The predicted molar refractivity (Wildman–Crippen MR) is 99.3 cm³/mol. The summed E-state index contributed by atoms with van der Waals surface area (Å²) in [6.07, 6.45) is 1.67. The van der Waals surface area contributed by atoms with Crippen LogP contribution < -0.4 is 9.47 Å². The highest BCUT2D eigenvalue weighted by Crippen LogP contribution is 2.37. The van der Waals surface area contributed by atoms with Crippen molar-refractivity contribution < 1.29 is 23.8 Å². The summed E-state index contributed by atoms with van der Waals surface area (Å²) >= 11 is 8.66. The number of amides is 1. The number of thiocarbonyl (C=S) groups is 1. The van der Waals surface area contributed by atoms with Gasteiger partial charge in [-0.05, 0) is 51.9 Å². The van der Waals surface area contributed by atoms with E-state index in [0.717, 1.165) is 0 Å². The number of halogens is 1. The van der Waals surface area contributed by atoms with Crippen LogP contribution in [0.5, 0.6) is 11.5 Å². The molecule has 25 heavy (non-hydrogen) atoms. The average molecular weight is 429 g/mol. The Morgan fingerprint density at radius 3 is 2.52 bits per heavy atom. The van der Waals surface area contributed by atoms with Crippen molar-refractivity contribution in [2.24, 2.45) is 0 Å². The van der Waals surface area contributed by atoms with Crippen molar-refractivity contribution in [2.75, 3.05) is 34.9 Å². The van der Waals surface area contributed by atoms with E-state index in [1.54, 1.807) is 30.2 Å². The summed E-state index contributed by atoms with van der Waals surface area (Å²) in [6, 6.07) is 3.53. The van der Waals surface area contributed by atoms with Gasteiger partial charge in [-0.3, -0.25) is 14.5 Å². The molecule has 9 heteroatoms. The predicted octanol–water partition coefficient (Wildman–Crippen LogP) is 2.04. The number of carbonyl (C=O) groups is 2.